The molecule has 1 fully saturated rings. The zero-order chi connectivity index (χ0) is 13.7. The van der Waals surface area contributed by atoms with Crippen LogP contribution in [-0.4, -0.2) is 30.0 Å². The molecule has 1 amide bonds. The van der Waals surface area contributed by atoms with Crippen molar-refractivity contribution in [2.75, 3.05) is 18.1 Å². The molecule has 1 heterocycles. The summed E-state index contributed by atoms with van der Waals surface area (Å²) < 4.78 is 0. The lowest BCUT2D eigenvalue weighted by atomic mass is 10.1. The van der Waals surface area contributed by atoms with Crippen molar-refractivity contribution in [2.45, 2.75) is 25.4 Å². The van der Waals surface area contributed by atoms with Crippen LogP contribution < -0.4 is 10.6 Å². The second-order valence-electron chi connectivity index (χ2n) is 4.77. The Morgan fingerprint density at radius 1 is 1.50 bits per heavy atom. The van der Waals surface area contributed by atoms with Gasteiger partial charge in [0.15, 0.2) is 0 Å². The Labute approximate surface area is 135 Å². The van der Waals surface area contributed by atoms with Gasteiger partial charge in [0.2, 0.25) is 5.91 Å². The van der Waals surface area contributed by atoms with Gasteiger partial charge in [-0.1, -0.05) is 23.7 Å². The van der Waals surface area contributed by atoms with E-state index in [9.17, 15) is 4.79 Å². The third-order valence-corrected chi connectivity index (χ3v) is 4.56. The van der Waals surface area contributed by atoms with Crippen molar-refractivity contribution in [3.8, 4) is 0 Å². The summed E-state index contributed by atoms with van der Waals surface area (Å²) in [7, 11) is 0. The maximum absolute atomic E-state index is 12.0. The number of halogens is 2. The van der Waals surface area contributed by atoms with E-state index in [0.717, 1.165) is 23.6 Å². The fourth-order valence-electron chi connectivity index (χ4n) is 2.11. The number of hydrogen-bond donors (Lipinski definition) is 2. The first-order valence-corrected chi connectivity index (χ1v) is 8.04. The maximum Gasteiger partial charge on any atom is 0.222 e. The number of amides is 1. The Bertz CT molecular complexity index is 422. The number of rotatable bonds is 4. The molecule has 3 nitrogen and oxygen atoms in total. The van der Waals surface area contributed by atoms with Crippen LogP contribution in [0, 0.1) is 0 Å². The van der Waals surface area contributed by atoms with Gasteiger partial charge in [-0.15, -0.1) is 12.4 Å². The van der Waals surface area contributed by atoms with Gasteiger partial charge >= 0.3 is 0 Å². The molecule has 112 valence electrons. The molecule has 1 aromatic rings. The third kappa shape index (κ3) is 5.52. The third-order valence-electron chi connectivity index (χ3n) is 3.18. The molecule has 1 aromatic carbocycles. The lowest BCUT2D eigenvalue weighted by molar-refractivity contribution is -0.122. The molecule has 0 bridgehead atoms. The number of carbonyl (C=O) groups is 1. The molecule has 0 aliphatic carbocycles. The van der Waals surface area contributed by atoms with E-state index in [1.54, 1.807) is 0 Å². The van der Waals surface area contributed by atoms with Gasteiger partial charge in [-0.3, -0.25) is 4.79 Å². The highest BCUT2D eigenvalue weighted by Gasteiger charge is 2.18. The van der Waals surface area contributed by atoms with Crippen LogP contribution in [0.25, 0.3) is 0 Å². The van der Waals surface area contributed by atoms with Gasteiger partial charge in [0.25, 0.3) is 0 Å². The van der Waals surface area contributed by atoms with Crippen molar-refractivity contribution < 1.29 is 4.79 Å². The van der Waals surface area contributed by atoms with Crippen molar-refractivity contribution >= 4 is 41.7 Å². The van der Waals surface area contributed by atoms with Crippen LogP contribution in [-0.2, 0) is 4.79 Å². The summed E-state index contributed by atoms with van der Waals surface area (Å²) in [6, 6.07) is 7.90. The predicted molar refractivity (Wildman–Crippen MR) is 89.0 cm³/mol. The topological polar surface area (TPSA) is 41.1 Å². The normalized spacial score (nSPS) is 19.8. The largest absolute Gasteiger partial charge is 0.350 e. The Morgan fingerprint density at radius 2 is 2.20 bits per heavy atom. The summed E-state index contributed by atoms with van der Waals surface area (Å²) in [5.74, 6) is 2.25. The fourth-order valence-corrected chi connectivity index (χ4v) is 3.18. The Morgan fingerprint density at radius 3 is 2.80 bits per heavy atom. The van der Waals surface area contributed by atoms with Gasteiger partial charge in [-0.25, -0.2) is 0 Å². The van der Waals surface area contributed by atoms with Gasteiger partial charge in [0.05, 0.1) is 6.04 Å². The quantitative estimate of drug-likeness (QED) is 0.889. The highest BCUT2D eigenvalue weighted by Crippen LogP contribution is 2.16. The molecule has 0 saturated carbocycles. The van der Waals surface area contributed by atoms with Crippen molar-refractivity contribution in [2.24, 2.45) is 0 Å². The van der Waals surface area contributed by atoms with Crippen LogP contribution >= 0.6 is 35.8 Å². The minimum Gasteiger partial charge on any atom is -0.350 e. The SMILES string of the molecule is CC(NC(=O)CC1CSCCN1)c1ccc(Cl)cc1.Cl. The van der Waals surface area contributed by atoms with E-state index in [-0.39, 0.29) is 24.4 Å². The first kappa shape index (κ1) is 17.6. The van der Waals surface area contributed by atoms with Gasteiger partial charge in [0, 0.05) is 35.5 Å². The molecule has 20 heavy (non-hydrogen) atoms. The number of carbonyl (C=O) groups excluding carboxylic acids is 1. The van der Waals surface area contributed by atoms with Crippen LogP contribution in [0.2, 0.25) is 5.02 Å². The monoisotopic (exact) mass is 334 g/mol. The lowest BCUT2D eigenvalue weighted by Gasteiger charge is -2.23. The number of thioether (sulfide) groups is 1. The molecule has 0 aromatic heterocycles. The molecular weight excluding hydrogens is 315 g/mol. The molecular formula is C14H20Cl2N2OS. The Balaban J connectivity index is 0.00000200. The van der Waals surface area contributed by atoms with Crippen molar-refractivity contribution in [3.63, 3.8) is 0 Å². The van der Waals surface area contributed by atoms with E-state index in [1.165, 1.54) is 0 Å². The van der Waals surface area contributed by atoms with Gasteiger partial charge < -0.3 is 10.6 Å². The molecule has 6 heteroatoms. The van der Waals surface area contributed by atoms with E-state index in [0.29, 0.717) is 17.5 Å². The molecule has 1 aliphatic rings. The van der Waals surface area contributed by atoms with Crippen LogP contribution in [0.3, 0.4) is 0 Å². The van der Waals surface area contributed by atoms with Crippen molar-refractivity contribution in [3.05, 3.63) is 34.9 Å². The molecule has 1 saturated heterocycles. The summed E-state index contributed by atoms with van der Waals surface area (Å²) in [6.45, 7) is 2.99. The molecule has 2 unspecified atom stereocenters. The van der Waals surface area contributed by atoms with Crippen LogP contribution in [0.5, 0.6) is 0 Å². The number of benzene rings is 1. The van der Waals surface area contributed by atoms with E-state index in [1.807, 2.05) is 43.0 Å². The minimum atomic E-state index is 0. The zero-order valence-electron chi connectivity index (χ0n) is 11.4. The summed E-state index contributed by atoms with van der Waals surface area (Å²) in [5.41, 5.74) is 1.07. The van der Waals surface area contributed by atoms with Gasteiger partial charge in [-0.2, -0.15) is 11.8 Å². The highest BCUT2D eigenvalue weighted by molar-refractivity contribution is 7.99. The van der Waals surface area contributed by atoms with Crippen molar-refractivity contribution in [1.82, 2.24) is 10.6 Å². The lowest BCUT2D eigenvalue weighted by Crippen LogP contribution is -2.41. The molecule has 0 radical (unpaired) electrons. The second-order valence-corrected chi connectivity index (χ2v) is 6.36. The first-order valence-electron chi connectivity index (χ1n) is 6.51. The van der Waals surface area contributed by atoms with Crippen molar-refractivity contribution in [1.29, 1.82) is 0 Å². The number of hydrogen-bond acceptors (Lipinski definition) is 3. The van der Waals surface area contributed by atoms with Crippen LogP contribution in [0.4, 0.5) is 0 Å². The van der Waals surface area contributed by atoms with E-state index in [2.05, 4.69) is 10.6 Å². The molecule has 2 atom stereocenters. The smallest absolute Gasteiger partial charge is 0.222 e. The van der Waals surface area contributed by atoms with Crippen LogP contribution in [0.1, 0.15) is 24.9 Å². The van der Waals surface area contributed by atoms with Crippen LogP contribution in [0.15, 0.2) is 24.3 Å². The molecule has 1 aliphatic heterocycles. The standard InChI is InChI=1S/C14H19ClN2OS.ClH/c1-10(11-2-4-12(15)5-3-11)17-14(18)8-13-9-19-7-6-16-13;/h2-5,10,13,16H,6-9H2,1H3,(H,17,18);1H. The summed E-state index contributed by atoms with van der Waals surface area (Å²) in [6.07, 6.45) is 0.547. The zero-order valence-corrected chi connectivity index (χ0v) is 13.8. The molecule has 0 spiro atoms. The van der Waals surface area contributed by atoms with E-state index < -0.39 is 0 Å². The second kappa shape index (κ2) is 8.78. The number of nitrogens with one attached hydrogen (secondary N) is 2. The van der Waals surface area contributed by atoms with Gasteiger partial charge in [-0.05, 0) is 24.6 Å². The highest BCUT2D eigenvalue weighted by atomic mass is 35.5. The van der Waals surface area contributed by atoms with E-state index >= 15 is 0 Å². The van der Waals surface area contributed by atoms with Gasteiger partial charge in [0.1, 0.15) is 0 Å². The van der Waals surface area contributed by atoms with E-state index in [4.69, 9.17) is 11.6 Å². The molecule has 2 rings (SSSR count). The maximum atomic E-state index is 12.0. The summed E-state index contributed by atoms with van der Waals surface area (Å²) in [4.78, 5) is 12.0. The first-order chi connectivity index (χ1) is 9.15. The predicted octanol–water partition coefficient (Wildman–Crippen LogP) is 3.03. The minimum absolute atomic E-state index is 0. The summed E-state index contributed by atoms with van der Waals surface area (Å²) in [5, 5.41) is 7.12. The fraction of sp³-hybridized carbons (Fsp3) is 0.500. The Kier molecular flexibility index (Phi) is 7.74. The summed E-state index contributed by atoms with van der Waals surface area (Å²) >= 11 is 7.76. The average Bonchev–Trinajstić information content (AvgIpc) is 2.40. The molecule has 2 N–H and O–H groups in total. The average molecular weight is 335 g/mol. The Hall–Kier alpha value is -0.420.